The van der Waals surface area contributed by atoms with Crippen molar-refractivity contribution in [2.45, 2.75) is 33.9 Å². The van der Waals surface area contributed by atoms with E-state index in [1.54, 1.807) is 0 Å². The molecule has 0 radical (unpaired) electrons. The molecule has 120 valence electrons. The van der Waals surface area contributed by atoms with E-state index in [2.05, 4.69) is 10.3 Å². The molecule has 1 aromatic heterocycles. The van der Waals surface area contributed by atoms with E-state index < -0.39 is 11.9 Å². The number of aromatic nitrogens is 1. The molecule has 0 unspecified atom stereocenters. The van der Waals surface area contributed by atoms with Gasteiger partial charge < -0.3 is 5.32 Å². The van der Waals surface area contributed by atoms with Gasteiger partial charge in [-0.1, -0.05) is 31.6 Å². The molecule has 1 heterocycles. The van der Waals surface area contributed by atoms with E-state index in [1.165, 1.54) is 12.1 Å². The number of alkyl halides is 3. The van der Waals surface area contributed by atoms with Crippen molar-refractivity contribution in [1.29, 1.82) is 0 Å². The number of pyridine rings is 1. The molecule has 6 heteroatoms. The Morgan fingerprint density at radius 3 is 2.50 bits per heavy atom. The van der Waals surface area contributed by atoms with E-state index in [0.29, 0.717) is 0 Å². The lowest BCUT2D eigenvalue weighted by Gasteiger charge is -2.09. The Bertz CT molecular complexity index is 616. The van der Waals surface area contributed by atoms with E-state index in [0.717, 1.165) is 11.6 Å². The highest BCUT2D eigenvalue weighted by molar-refractivity contribution is 5.95. The van der Waals surface area contributed by atoms with E-state index in [4.69, 9.17) is 0 Å². The van der Waals surface area contributed by atoms with Crippen LogP contribution in [0.15, 0.2) is 29.8 Å². The first kappa shape index (κ1) is 16.5. The monoisotopic (exact) mass is 312 g/mol. The number of anilines is 1. The van der Waals surface area contributed by atoms with E-state index in [9.17, 15) is 18.0 Å². The van der Waals surface area contributed by atoms with Crippen LogP contribution in [-0.2, 0) is 11.0 Å². The number of hydrogen-bond acceptors (Lipinski definition) is 2. The number of halogens is 3. The van der Waals surface area contributed by atoms with Crippen molar-refractivity contribution in [3.05, 3.63) is 35.5 Å². The molecule has 22 heavy (non-hydrogen) atoms. The highest BCUT2D eigenvalue weighted by atomic mass is 19.4. The number of nitrogens with one attached hydrogen (secondary N) is 1. The average Bonchev–Trinajstić information content (AvgIpc) is 2.89. The predicted molar refractivity (Wildman–Crippen MR) is 78.1 cm³/mol. The standard InChI is InChI=1S/C16H19F3N2O/c1-9(2)8-10-13(15(10,3)4)14(22)21-12-7-5-6-11(20-12)16(17,18)19/h5-8,10,13H,1-4H3,(H,20,21,22)/t10-,13+/m0/s1. The number of nitrogens with zero attached hydrogens (tertiary/aromatic N) is 1. The Morgan fingerprint density at radius 1 is 1.32 bits per heavy atom. The zero-order chi connectivity index (χ0) is 16.7. The minimum absolute atomic E-state index is 0.0709. The Hall–Kier alpha value is -1.85. The molecule has 0 bridgehead atoms. The first-order valence-electron chi connectivity index (χ1n) is 7.03. The molecule has 1 saturated carbocycles. The summed E-state index contributed by atoms with van der Waals surface area (Å²) in [6.45, 7) is 7.86. The topological polar surface area (TPSA) is 42.0 Å². The predicted octanol–water partition coefficient (Wildman–Crippen LogP) is 4.28. The van der Waals surface area contributed by atoms with Gasteiger partial charge in [0.15, 0.2) is 0 Å². The Labute approximate surface area is 127 Å². The van der Waals surface area contributed by atoms with Crippen molar-refractivity contribution in [3.63, 3.8) is 0 Å². The van der Waals surface area contributed by atoms with E-state index >= 15 is 0 Å². The minimum atomic E-state index is -4.52. The third-order valence-electron chi connectivity index (χ3n) is 4.00. The fourth-order valence-electron chi connectivity index (χ4n) is 2.71. The van der Waals surface area contributed by atoms with Gasteiger partial charge in [0, 0.05) is 0 Å². The number of hydrogen-bond donors (Lipinski definition) is 1. The largest absolute Gasteiger partial charge is 0.433 e. The highest BCUT2D eigenvalue weighted by Crippen LogP contribution is 2.59. The van der Waals surface area contributed by atoms with Gasteiger partial charge in [0.05, 0.1) is 5.92 Å². The van der Waals surface area contributed by atoms with Crippen LogP contribution in [0.2, 0.25) is 0 Å². The van der Waals surface area contributed by atoms with Gasteiger partial charge >= 0.3 is 6.18 Å². The molecule has 1 N–H and O–H groups in total. The van der Waals surface area contributed by atoms with Crippen LogP contribution in [0.4, 0.5) is 19.0 Å². The van der Waals surface area contributed by atoms with Crippen LogP contribution < -0.4 is 5.32 Å². The molecule has 0 aliphatic heterocycles. The van der Waals surface area contributed by atoms with Crippen LogP contribution in [0.25, 0.3) is 0 Å². The smallest absolute Gasteiger partial charge is 0.310 e. The summed E-state index contributed by atoms with van der Waals surface area (Å²) in [7, 11) is 0. The number of carbonyl (C=O) groups is 1. The number of allylic oxidation sites excluding steroid dienone is 2. The van der Waals surface area contributed by atoms with Crippen LogP contribution in [0, 0.1) is 17.3 Å². The molecular weight excluding hydrogens is 293 g/mol. The van der Waals surface area contributed by atoms with Crippen LogP contribution >= 0.6 is 0 Å². The van der Waals surface area contributed by atoms with Crippen LogP contribution in [-0.4, -0.2) is 10.9 Å². The van der Waals surface area contributed by atoms with Crippen LogP contribution in [0.3, 0.4) is 0 Å². The maximum atomic E-state index is 12.6. The van der Waals surface area contributed by atoms with Gasteiger partial charge in [-0.2, -0.15) is 13.2 Å². The molecule has 1 amide bonds. The molecule has 1 aliphatic carbocycles. The fraction of sp³-hybridized carbons (Fsp3) is 0.500. The molecule has 2 atom stereocenters. The lowest BCUT2D eigenvalue weighted by atomic mass is 10.1. The van der Waals surface area contributed by atoms with Gasteiger partial charge in [-0.15, -0.1) is 0 Å². The summed E-state index contributed by atoms with van der Waals surface area (Å²) in [5.74, 6) is -0.514. The second-order valence-corrected chi connectivity index (χ2v) is 6.46. The molecule has 0 spiro atoms. The van der Waals surface area contributed by atoms with Crippen molar-refractivity contribution in [1.82, 2.24) is 4.98 Å². The van der Waals surface area contributed by atoms with Gasteiger partial charge in [-0.25, -0.2) is 4.98 Å². The Kier molecular flexibility index (Phi) is 4.06. The number of rotatable bonds is 3. The SMILES string of the molecule is CC(C)=C[C@H]1[C@H](C(=O)Nc2cccc(C(F)(F)F)n2)C1(C)C. The van der Waals surface area contributed by atoms with Gasteiger partial charge in [-0.05, 0) is 37.3 Å². The zero-order valence-corrected chi connectivity index (χ0v) is 13.0. The summed E-state index contributed by atoms with van der Waals surface area (Å²) in [5, 5.41) is 2.50. The summed E-state index contributed by atoms with van der Waals surface area (Å²) in [6, 6.07) is 3.47. The number of amides is 1. The zero-order valence-electron chi connectivity index (χ0n) is 13.0. The van der Waals surface area contributed by atoms with Crippen molar-refractivity contribution in [2.75, 3.05) is 5.32 Å². The van der Waals surface area contributed by atoms with Crippen LogP contribution in [0.1, 0.15) is 33.4 Å². The van der Waals surface area contributed by atoms with E-state index in [1.807, 2.05) is 33.8 Å². The summed E-state index contributed by atoms with van der Waals surface area (Å²) in [6.07, 6.45) is -2.49. The van der Waals surface area contributed by atoms with Crippen molar-refractivity contribution >= 4 is 11.7 Å². The van der Waals surface area contributed by atoms with Crippen molar-refractivity contribution < 1.29 is 18.0 Å². The van der Waals surface area contributed by atoms with Gasteiger partial charge in [0.25, 0.3) is 0 Å². The average molecular weight is 312 g/mol. The number of carbonyl (C=O) groups excluding carboxylic acids is 1. The lowest BCUT2D eigenvalue weighted by Crippen LogP contribution is -2.19. The summed E-state index contributed by atoms with van der Waals surface area (Å²) < 4.78 is 37.9. The Morgan fingerprint density at radius 2 is 1.95 bits per heavy atom. The van der Waals surface area contributed by atoms with Crippen LogP contribution in [0.5, 0.6) is 0 Å². The van der Waals surface area contributed by atoms with Crippen molar-refractivity contribution in [3.8, 4) is 0 Å². The quantitative estimate of drug-likeness (QED) is 0.847. The molecule has 1 aromatic rings. The maximum Gasteiger partial charge on any atom is 0.433 e. The van der Waals surface area contributed by atoms with E-state index in [-0.39, 0.29) is 29.0 Å². The summed E-state index contributed by atoms with van der Waals surface area (Å²) in [4.78, 5) is 15.7. The molecule has 3 nitrogen and oxygen atoms in total. The molecule has 0 aromatic carbocycles. The summed E-state index contributed by atoms with van der Waals surface area (Å²) in [5.41, 5.74) is -0.0880. The Balaban J connectivity index is 2.12. The molecule has 1 fully saturated rings. The second-order valence-electron chi connectivity index (χ2n) is 6.46. The second kappa shape index (κ2) is 5.41. The third kappa shape index (κ3) is 3.31. The highest BCUT2D eigenvalue weighted by Gasteiger charge is 2.60. The van der Waals surface area contributed by atoms with Gasteiger partial charge in [0.2, 0.25) is 5.91 Å². The van der Waals surface area contributed by atoms with Crippen molar-refractivity contribution in [2.24, 2.45) is 17.3 Å². The molecule has 2 rings (SSSR count). The molecule has 1 aliphatic rings. The minimum Gasteiger partial charge on any atom is -0.310 e. The molecule has 0 saturated heterocycles. The fourth-order valence-corrected chi connectivity index (χ4v) is 2.71. The van der Waals surface area contributed by atoms with Gasteiger partial charge in [-0.3, -0.25) is 4.79 Å². The lowest BCUT2D eigenvalue weighted by molar-refractivity contribution is -0.141. The molecular formula is C16H19F3N2O. The first-order chi connectivity index (χ1) is 10.0. The normalized spacial score (nSPS) is 22.9. The first-order valence-corrected chi connectivity index (χ1v) is 7.03. The third-order valence-corrected chi connectivity index (χ3v) is 4.00. The summed E-state index contributed by atoms with van der Waals surface area (Å²) >= 11 is 0. The van der Waals surface area contributed by atoms with Gasteiger partial charge in [0.1, 0.15) is 11.5 Å². The maximum absolute atomic E-state index is 12.6.